The Hall–Kier alpha value is -1.32. The van der Waals surface area contributed by atoms with Crippen molar-refractivity contribution < 1.29 is 5.11 Å². The average Bonchev–Trinajstić information content (AvgIpc) is 2.97. The molecule has 0 aliphatic carbocycles. The van der Waals surface area contributed by atoms with Crippen LogP contribution in [0.4, 0.5) is 0 Å². The summed E-state index contributed by atoms with van der Waals surface area (Å²) in [5, 5.41) is 11.4. The summed E-state index contributed by atoms with van der Waals surface area (Å²) < 4.78 is 2.17. The van der Waals surface area contributed by atoms with Gasteiger partial charge in [-0.2, -0.15) is 0 Å². The molecular formula is C17H24N2O. The molecule has 2 heterocycles. The SMILES string of the molecule is Cn1ccc2ccc(CN3CC[C@H](C(C)(C)O)C3)cc21. The highest BCUT2D eigenvalue weighted by Crippen LogP contribution is 2.28. The van der Waals surface area contributed by atoms with Crippen molar-refractivity contribution in [2.45, 2.75) is 32.4 Å². The Morgan fingerprint density at radius 3 is 2.80 bits per heavy atom. The van der Waals surface area contributed by atoms with Gasteiger partial charge in [0, 0.05) is 37.8 Å². The highest BCUT2D eigenvalue weighted by molar-refractivity contribution is 5.80. The van der Waals surface area contributed by atoms with Gasteiger partial charge in [0.05, 0.1) is 5.60 Å². The molecule has 1 aromatic heterocycles. The molecule has 108 valence electrons. The minimum absolute atomic E-state index is 0.390. The second-order valence-corrected chi connectivity index (χ2v) is 6.69. The van der Waals surface area contributed by atoms with Gasteiger partial charge < -0.3 is 9.67 Å². The molecule has 3 nitrogen and oxygen atoms in total. The van der Waals surface area contributed by atoms with E-state index in [0.29, 0.717) is 5.92 Å². The first kappa shape index (κ1) is 13.7. The molecular weight excluding hydrogens is 248 g/mol. The number of aryl methyl sites for hydroxylation is 1. The second-order valence-electron chi connectivity index (χ2n) is 6.69. The van der Waals surface area contributed by atoms with Crippen molar-refractivity contribution >= 4 is 10.9 Å². The van der Waals surface area contributed by atoms with Gasteiger partial charge in [-0.05, 0) is 49.9 Å². The van der Waals surface area contributed by atoms with Crippen LogP contribution in [0.3, 0.4) is 0 Å². The molecule has 0 bridgehead atoms. The predicted octanol–water partition coefficient (Wildman–Crippen LogP) is 2.77. The van der Waals surface area contributed by atoms with Crippen LogP contribution in [0.15, 0.2) is 30.5 Å². The maximum atomic E-state index is 10.1. The largest absolute Gasteiger partial charge is 0.390 e. The number of likely N-dealkylation sites (tertiary alicyclic amines) is 1. The summed E-state index contributed by atoms with van der Waals surface area (Å²) in [6.45, 7) is 6.91. The summed E-state index contributed by atoms with van der Waals surface area (Å²) in [5.74, 6) is 0.390. The lowest BCUT2D eigenvalue weighted by atomic mass is 9.90. The van der Waals surface area contributed by atoms with E-state index in [1.54, 1.807) is 0 Å². The monoisotopic (exact) mass is 272 g/mol. The average molecular weight is 272 g/mol. The molecule has 0 amide bonds. The van der Waals surface area contributed by atoms with E-state index in [9.17, 15) is 5.11 Å². The first-order valence-corrected chi connectivity index (χ1v) is 7.42. The van der Waals surface area contributed by atoms with Crippen LogP contribution in [-0.2, 0) is 13.6 Å². The normalized spacial score (nSPS) is 20.9. The Bertz CT molecular complexity index is 609. The second kappa shape index (κ2) is 4.90. The van der Waals surface area contributed by atoms with Gasteiger partial charge in [0.15, 0.2) is 0 Å². The minimum Gasteiger partial charge on any atom is -0.390 e. The Morgan fingerprint density at radius 2 is 2.10 bits per heavy atom. The molecule has 1 fully saturated rings. The fourth-order valence-corrected chi connectivity index (χ4v) is 3.22. The molecule has 1 atom stereocenters. The zero-order valence-electron chi connectivity index (χ0n) is 12.6. The molecule has 1 aromatic carbocycles. The van der Waals surface area contributed by atoms with Crippen LogP contribution >= 0.6 is 0 Å². The van der Waals surface area contributed by atoms with Crippen LogP contribution in [0, 0.1) is 5.92 Å². The van der Waals surface area contributed by atoms with Crippen molar-refractivity contribution in [3.63, 3.8) is 0 Å². The van der Waals surface area contributed by atoms with E-state index >= 15 is 0 Å². The standard InChI is InChI=1S/C17H24N2O/c1-17(2,20)15-7-9-19(12-15)11-13-4-5-14-6-8-18(3)16(14)10-13/h4-6,8,10,15,20H,7,9,11-12H2,1-3H3/t15-/m0/s1. The Labute approximate surface area is 120 Å². The Balaban J connectivity index is 1.72. The molecule has 1 N–H and O–H groups in total. The van der Waals surface area contributed by atoms with Crippen LogP contribution in [0.2, 0.25) is 0 Å². The summed E-state index contributed by atoms with van der Waals surface area (Å²) in [6, 6.07) is 8.86. The van der Waals surface area contributed by atoms with Crippen molar-refractivity contribution in [2.75, 3.05) is 13.1 Å². The van der Waals surface area contributed by atoms with Gasteiger partial charge in [0.1, 0.15) is 0 Å². The lowest BCUT2D eigenvalue weighted by Crippen LogP contribution is -2.33. The van der Waals surface area contributed by atoms with Crippen molar-refractivity contribution in [3.8, 4) is 0 Å². The molecule has 0 saturated carbocycles. The Morgan fingerprint density at radius 1 is 1.30 bits per heavy atom. The van der Waals surface area contributed by atoms with Crippen molar-refractivity contribution in [1.29, 1.82) is 0 Å². The van der Waals surface area contributed by atoms with Crippen molar-refractivity contribution in [1.82, 2.24) is 9.47 Å². The van der Waals surface area contributed by atoms with Gasteiger partial charge in [-0.25, -0.2) is 0 Å². The molecule has 1 aliphatic heterocycles. The molecule has 20 heavy (non-hydrogen) atoms. The maximum Gasteiger partial charge on any atom is 0.0632 e. The molecule has 0 unspecified atom stereocenters. The number of aromatic nitrogens is 1. The number of hydrogen-bond acceptors (Lipinski definition) is 2. The number of benzene rings is 1. The maximum absolute atomic E-state index is 10.1. The first-order chi connectivity index (χ1) is 9.43. The summed E-state index contributed by atoms with van der Waals surface area (Å²) in [7, 11) is 2.09. The van der Waals surface area contributed by atoms with Crippen LogP contribution in [0.25, 0.3) is 10.9 Å². The summed E-state index contributed by atoms with van der Waals surface area (Å²) in [4.78, 5) is 2.45. The minimum atomic E-state index is -0.559. The van der Waals surface area contributed by atoms with Crippen LogP contribution in [0.1, 0.15) is 25.8 Å². The molecule has 3 heteroatoms. The van der Waals surface area contributed by atoms with Crippen molar-refractivity contribution in [3.05, 3.63) is 36.0 Å². The van der Waals surface area contributed by atoms with E-state index in [-0.39, 0.29) is 0 Å². The predicted molar refractivity (Wildman–Crippen MR) is 82.6 cm³/mol. The number of fused-ring (bicyclic) bond motifs is 1. The number of nitrogens with zero attached hydrogens (tertiary/aromatic N) is 2. The van der Waals surface area contributed by atoms with E-state index in [1.807, 2.05) is 13.8 Å². The van der Waals surface area contributed by atoms with E-state index in [4.69, 9.17) is 0 Å². The molecule has 0 radical (unpaired) electrons. The lowest BCUT2D eigenvalue weighted by Gasteiger charge is -2.25. The smallest absolute Gasteiger partial charge is 0.0632 e. The van der Waals surface area contributed by atoms with Gasteiger partial charge in [-0.1, -0.05) is 12.1 Å². The number of aliphatic hydroxyl groups is 1. The van der Waals surface area contributed by atoms with E-state index in [0.717, 1.165) is 26.1 Å². The Kier molecular flexibility index (Phi) is 3.35. The fourth-order valence-electron chi connectivity index (χ4n) is 3.22. The number of rotatable bonds is 3. The molecule has 2 aromatic rings. The number of hydrogen-bond donors (Lipinski definition) is 1. The lowest BCUT2D eigenvalue weighted by molar-refractivity contribution is 0.0208. The van der Waals surface area contributed by atoms with Crippen molar-refractivity contribution in [2.24, 2.45) is 13.0 Å². The first-order valence-electron chi connectivity index (χ1n) is 7.42. The summed E-state index contributed by atoms with van der Waals surface area (Å²) in [6.07, 6.45) is 3.20. The van der Waals surface area contributed by atoms with Gasteiger partial charge in [-0.15, -0.1) is 0 Å². The third kappa shape index (κ3) is 2.60. The molecule has 3 rings (SSSR count). The third-order valence-corrected chi connectivity index (χ3v) is 4.63. The third-order valence-electron chi connectivity index (χ3n) is 4.63. The van der Waals surface area contributed by atoms with Gasteiger partial charge in [0.2, 0.25) is 0 Å². The quantitative estimate of drug-likeness (QED) is 0.930. The highest BCUT2D eigenvalue weighted by Gasteiger charge is 2.33. The van der Waals surface area contributed by atoms with E-state index < -0.39 is 5.60 Å². The van der Waals surface area contributed by atoms with Gasteiger partial charge in [0.25, 0.3) is 0 Å². The van der Waals surface area contributed by atoms with Gasteiger partial charge in [-0.3, -0.25) is 4.90 Å². The molecule has 1 aliphatic rings. The summed E-state index contributed by atoms with van der Waals surface area (Å²) in [5.41, 5.74) is 2.09. The van der Waals surface area contributed by atoms with Gasteiger partial charge >= 0.3 is 0 Å². The fraction of sp³-hybridized carbons (Fsp3) is 0.529. The van der Waals surface area contributed by atoms with Crippen LogP contribution in [0.5, 0.6) is 0 Å². The van der Waals surface area contributed by atoms with Crippen LogP contribution < -0.4 is 0 Å². The highest BCUT2D eigenvalue weighted by atomic mass is 16.3. The van der Waals surface area contributed by atoms with Crippen LogP contribution in [-0.4, -0.2) is 33.3 Å². The van der Waals surface area contributed by atoms with E-state index in [2.05, 4.69) is 47.0 Å². The zero-order valence-corrected chi connectivity index (χ0v) is 12.6. The zero-order chi connectivity index (χ0) is 14.3. The molecule has 1 saturated heterocycles. The van der Waals surface area contributed by atoms with E-state index in [1.165, 1.54) is 16.5 Å². The summed E-state index contributed by atoms with van der Waals surface area (Å²) >= 11 is 0. The molecule has 0 spiro atoms. The topological polar surface area (TPSA) is 28.4 Å².